The Labute approximate surface area is 91.0 Å². The standard InChI is InChI=1S/C10H10FNO4/c1-2-3-10(13)16-9-5-4-7(12(14)15)6-8(9)11/h4-6H,2-3H2,1H3. The molecule has 0 saturated heterocycles. The number of non-ortho nitro benzene ring substituents is 1. The molecule has 0 fully saturated rings. The molecule has 0 heterocycles. The number of benzene rings is 1. The zero-order valence-corrected chi connectivity index (χ0v) is 8.60. The third-order valence-corrected chi connectivity index (χ3v) is 1.80. The number of rotatable bonds is 4. The number of nitro groups is 1. The van der Waals surface area contributed by atoms with Crippen molar-refractivity contribution in [3.63, 3.8) is 0 Å². The van der Waals surface area contributed by atoms with E-state index in [1.54, 1.807) is 6.92 Å². The lowest BCUT2D eigenvalue weighted by atomic mass is 10.3. The van der Waals surface area contributed by atoms with E-state index in [1.807, 2.05) is 0 Å². The molecule has 0 spiro atoms. The summed E-state index contributed by atoms with van der Waals surface area (Å²) in [5.74, 6) is -1.77. The summed E-state index contributed by atoms with van der Waals surface area (Å²) in [5, 5.41) is 10.3. The highest BCUT2D eigenvalue weighted by atomic mass is 19.1. The van der Waals surface area contributed by atoms with Gasteiger partial charge in [-0.15, -0.1) is 0 Å². The van der Waals surface area contributed by atoms with Crippen LogP contribution in [0.5, 0.6) is 5.75 Å². The van der Waals surface area contributed by atoms with E-state index in [2.05, 4.69) is 4.74 Å². The molecule has 0 unspecified atom stereocenters. The number of carbonyl (C=O) groups excluding carboxylic acids is 1. The minimum Gasteiger partial charge on any atom is -0.423 e. The Morgan fingerprint density at radius 1 is 1.56 bits per heavy atom. The van der Waals surface area contributed by atoms with E-state index in [1.165, 1.54) is 0 Å². The van der Waals surface area contributed by atoms with Crippen LogP contribution in [0.15, 0.2) is 18.2 Å². The van der Waals surface area contributed by atoms with Gasteiger partial charge in [-0.05, 0) is 12.5 Å². The first-order valence-corrected chi connectivity index (χ1v) is 4.69. The Bertz CT molecular complexity index is 419. The van der Waals surface area contributed by atoms with Crippen LogP contribution in [0, 0.1) is 15.9 Å². The number of hydrogen-bond acceptors (Lipinski definition) is 4. The van der Waals surface area contributed by atoms with Gasteiger partial charge in [-0.25, -0.2) is 4.39 Å². The van der Waals surface area contributed by atoms with E-state index in [0.29, 0.717) is 12.5 Å². The number of hydrogen-bond donors (Lipinski definition) is 0. The van der Waals surface area contributed by atoms with E-state index in [9.17, 15) is 19.3 Å². The molecule has 0 bridgehead atoms. The molecule has 1 aromatic rings. The summed E-state index contributed by atoms with van der Waals surface area (Å²) in [6, 6.07) is 2.87. The number of halogens is 1. The SMILES string of the molecule is CCCC(=O)Oc1ccc([N+](=O)[O-])cc1F. The van der Waals surface area contributed by atoms with Gasteiger partial charge in [0, 0.05) is 12.5 Å². The predicted octanol–water partition coefficient (Wildman–Crippen LogP) is 2.44. The highest BCUT2D eigenvalue weighted by molar-refractivity contribution is 5.72. The summed E-state index contributed by atoms with van der Waals surface area (Å²) in [7, 11) is 0. The van der Waals surface area contributed by atoms with Gasteiger partial charge in [0.15, 0.2) is 11.6 Å². The minimum atomic E-state index is -0.918. The molecule has 0 aliphatic rings. The molecule has 0 saturated carbocycles. The second-order valence-corrected chi connectivity index (χ2v) is 3.10. The number of esters is 1. The van der Waals surface area contributed by atoms with Crippen LogP contribution in [-0.4, -0.2) is 10.9 Å². The number of ether oxygens (including phenoxy) is 1. The third kappa shape index (κ3) is 3.01. The van der Waals surface area contributed by atoms with E-state index in [-0.39, 0.29) is 17.9 Å². The molecular formula is C10H10FNO4. The second-order valence-electron chi connectivity index (χ2n) is 3.10. The van der Waals surface area contributed by atoms with Crippen LogP contribution in [0.2, 0.25) is 0 Å². The fourth-order valence-electron chi connectivity index (χ4n) is 1.06. The monoisotopic (exact) mass is 227 g/mol. The molecule has 16 heavy (non-hydrogen) atoms. The Morgan fingerprint density at radius 2 is 2.25 bits per heavy atom. The van der Waals surface area contributed by atoms with E-state index in [4.69, 9.17) is 0 Å². The van der Waals surface area contributed by atoms with Crippen molar-refractivity contribution in [1.82, 2.24) is 0 Å². The fourth-order valence-corrected chi connectivity index (χ4v) is 1.06. The van der Waals surface area contributed by atoms with Crippen molar-refractivity contribution < 1.29 is 18.8 Å². The largest absolute Gasteiger partial charge is 0.423 e. The average molecular weight is 227 g/mol. The molecule has 0 N–H and O–H groups in total. The first kappa shape index (κ1) is 12.1. The predicted molar refractivity (Wildman–Crippen MR) is 53.6 cm³/mol. The van der Waals surface area contributed by atoms with Crippen molar-refractivity contribution >= 4 is 11.7 Å². The maximum absolute atomic E-state index is 13.2. The van der Waals surface area contributed by atoms with E-state index < -0.39 is 16.7 Å². The molecular weight excluding hydrogens is 217 g/mol. The summed E-state index contributed by atoms with van der Waals surface area (Å²) >= 11 is 0. The molecule has 5 nitrogen and oxygen atoms in total. The Balaban J connectivity index is 2.83. The van der Waals surface area contributed by atoms with E-state index in [0.717, 1.165) is 12.1 Å². The van der Waals surface area contributed by atoms with Crippen LogP contribution < -0.4 is 4.74 Å². The third-order valence-electron chi connectivity index (χ3n) is 1.80. The van der Waals surface area contributed by atoms with Crippen molar-refractivity contribution in [3.05, 3.63) is 34.1 Å². The molecule has 86 valence electrons. The smallest absolute Gasteiger partial charge is 0.311 e. The lowest BCUT2D eigenvalue weighted by Gasteiger charge is -2.03. The number of nitro benzene ring substituents is 1. The van der Waals surface area contributed by atoms with Gasteiger partial charge in [-0.3, -0.25) is 14.9 Å². The molecule has 0 aromatic heterocycles. The van der Waals surface area contributed by atoms with Gasteiger partial charge in [0.2, 0.25) is 0 Å². The van der Waals surface area contributed by atoms with Gasteiger partial charge < -0.3 is 4.74 Å². The van der Waals surface area contributed by atoms with Gasteiger partial charge in [0.1, 0.15) is 0 Å². The summed E-state index contributed by atoms with van der Waals surface area (Å²) in [4.78, 5) is 20.7. The van der Waals surface area contributed by atoms with Crippen LogP contribution >= 0.6 is 0 Å². The Hall–Kier alpha value is -1.98. The normalized spacial score (nSPS) is 9.88. The summed E-state index contributed by atoms with van der Waals surface area (Å²) < 4.78 is 17.9. The molecule has 6 heteroatoms. The number of nitrogens with zero attached hydrogens (tertiary/aromatic N) is 1. The first-order chi connectivity index (χ1) is 7.54. The Kier molecular flexibility index (Phi) is 3.93. The average Bonchev–Trinajstić information content (AvgIpc) is 2.21. The van der Waals surface area contributed by atoms with Gasteiger partial charge in [0.25, 0.3) is 5.69 Å². The van der Waals surface area contributed by atoms with Gasteiger partial charge in [-0.2, -0.15) is 0 Å². The molecule has 0 atom stereocenters. The fraction of sp³-hybridized carbons (Fsp3) is 0.300. The summed E-state index contributed by atoms with van der Waals surface area (Å²) in [6.07, 6.45) is 0.768. The van der Waals surface area contributed by atoms with E-state index >= 15 is 0 Å². The lowest BCUT2D eigenvalue weighted by molar-refractivity contribution is -0.385. The molecule has 0 aliphatic carbocycles. The van der Waals surface area contributed by atoms with Crippen LogP contribution in [0.3, 0.4) is 0 Å². The first-order valence-electron chi connectivity index (χ1n) is 4.69. The topological polar surface area (TPSA) is 69.4 Å². The molecule has 0 radical (unpaired) electrons. The second kappa shape index (κ2) is 5.20. The molecule has 1 aromatic carbocycles. The zero-order valence-electron chi connectivity index (χ0n) is 8.60. The molecule has 0 aliphatic heterocycles. The van der Waals surface area contributed by atoms with Crippen LogP contribution in [0.4, 0.5) is 10.1 Å². The van der Waals surface area contributed by atoms with Crippen molar-refractivity contribution in [1.29, 1.82) is 0 Å². The summed E-state index contributed by atoms with van der Waals surface area (Å²) in [5.41, 5.74) is -0.382. The quantitative estimate of drug-likeness (QED) is 0.343. The van der Waals surface area contributed by atoms with Gasteiger partial charge >= 0.3 is 5.97 Å². The van der Waals surface area contributed by atoms with Crippen LogP contribution in [-0.2, 0) is 4.79 Å². The number of carbonyl (C=O) groups is 1. The van der Waals surface area contributed by atoms with Crippen molar-refractivity contribution in [2.45, 2.75) is 19.8 Å². The van der Waals surface area contributed by atoms with Crippen LogP contribution in [0.1, 0.15) is 19.8 Å². The summed E-state index contributed by atoms with van der Waals surface area (Å²) in [6.45, 7) is 1.79. The molecule has 0 amide bonds. The maximum atomic E-state index is 13.2. The van der Waals surface area contributed by atoms with Gasteiger partial charge in [0.05, 0.1) is 11.0 Å². The highest BCUT2D eigenvalue weighted by Crippen LogP contribution is 2.22. The lowest BCUT2D eigenvalue weighted by Crippen LogP contribution is -2.08. The zero-order chi connectivity index (χ0) is 12.1. The van der Waals surface area contributed by atoms with Gasteiger partial charge in [-0.1, -0.05) is 6.92 Å². The Morgan fingerprint density at radius 3 is 2.75 bits per heavy atom. The maximum Gasteiger partial charge on any atom is 0.311 e. The highest BCUT2D eigenvalue weighted by Gasteiger charge is 2.13. The van der Waals surface area contributed by atoms with Crippen molar-refractivity contribution in [3.8, 4) is 5.75 Å². The van der Waals surface area contributed by atoms with Crippen molar-refractivity contribution in [2.24, 2.45) is 0 Å². The molecule has 1 rings (SSSR count). The van der Waals surface area contributed by atoms with Crippen molar-refractivity contribution in [2.75, 3.05) is 0 Å². The van der Waals surface area contributed by atoms with Crippen LogP contribution in [0.25, 0.3) is 0 Å². The minimum absolute atomic E-state index is 0.177.